The Morgan fingerprint density at radius 1 is 1.17 bits per heavy atom. The van der Waals surface area contributed by atoms with Crippen LogP contribution in [0.3, 0.4) is 0 Å². The zero-order valence-electron chi connectivity index (χ0n) is 10.4. The lowest BCUT2D eigenvalue weighted by molar-refractivity contribution is 1.10. The van der Waals surface area contributed by atoms with Gasteiger partial charge in [-0.05, 0) is 37.6 Å². The number of imidazole rings is 1. The molecule has 0 aromatic carbocycles. The molecule has 0 amide bonds. The Morgan fingerprint density at radius 3 is 2.72 bits per heavy atom. The highest BCUT2D eigenvalue weighted by atomic mass is 15.1. The Bertz CT molecular complexity index is 728. The number of anilines is 1. The second-order valence-corrected chi connectivity index (χ2v) is 4.40. The molecule has 3 heterocycles. The average Bonchev–Trinajstić information content (AvgIpc) is 2.69. The van der Waals surface area contributed by atoms with Crippen molar-refractivity contribution in [1.82, 2.24) is 14.4 Å². The van der Waals surface area contributed by atoms with Crippen LogP contribution < -0.4 is 5.73 Å². The van der Waals surface area contributed by atoms with Crippen molar-refractivity contribution in [1.29, 1.82) is 0 Å². The van der Waals surface area contributed by atoms with Crippen molar-refractivity contribution >= 4 is 11.5 Å². The summed E-state index contributed by atoms with van der Waals surface area (Å²) >= 11 is 0. The van der Waals surface area contributed by atoms with E-state index in [2.05, 4.69) is 9.97 Å². The summed E-state index contributed by atoms with van der Waals surface area (Å²) in [5.74, 6) is 0.666. The summed E-state index contributed by atoms with van der Waals surface area (Å²) in [6, 6.07) is 7.92. The van der Waals surface area contributed by atoms with Gasteiger partial charge in [0.25, 0.3) is 0 Å². The fourth-order valence-corrected chi connectivity index (χ4v) is 2.19. The molecule has 0 saturated heterocycles. The maximum absolute atomic E-state index is 6.21. The molecule has 4 heteroatoms. The van der Waals surface area contributed by atoms with Crippen LogP contribution in [-0.4, -0.2) is 14.4 Å². The van der Waals surface area contributed by atoms with E-state index in [1.807, 2.05) is 48.7 Å². The van der Waals surface area contributed by atoms with E-state index in [0.717, 1.165) is 28.2 Å². The monoisotopic (exact) mass is 238 g/mol. The molecule has 0 atom stereocenters. The van der Waals surface area contributed by atoms with Crippen LogP contribution in [0.2, 0.25) is 0 Å². The molecule has 0 spiro atoms. The molecule has 0 bridgehead atoms. The fraction of sp³-hybridized carbons (Fsp3) is 0.143. The largest absolute Gasteiger partial charge is 0.383 e. The van der Waals surface area contributed by atoms with Crippen LogP contribution in [-0.2, 0) is 0 Å². The summed E-state index contributed by atoms with van der Waals surface area (Å²) in [5, 5.41) is 0. The first-order valence-corrected chi connectivity index (χ1v) is 5.83. The summed E-state index contributed by atoms with van der Waals surface area (Å²) in [6.07, 6.45) is 3.58. The first-order chi connectivity index (χ1) is 8.68. The average molecular weight is 238 g/mol. The molecule has 3 rings (SSSR count). The van der Waals surface area contributed by atoms with Gasteiger partial charge in [0, 0.05) is 23.7 Å². The van der Waals surface area contributed by atoms with Gasteiger partial charge in [-0.2, -0.15) is 0 Å². The number of nitrogen functional groups attached to an aromatic ring is 1. The van der Waals surface area contributed by atoms with Gasteiger partial charge in [-0.25, -0.2) is 4.98 Å². The Morgan fingerprint density at radius 2 is 2.00 bits per heavy atom. The van der Waals surface area contributed by atoms with Crippen LogP contribution in [0.4, 0.5) is 5.82 Å². The van der Waals surface area contributed by atoms with Crippen molar-refractivity contribution in [2.45, 2.75) is 13.8 Å². The van der Waals surface area contributed by atoms with E-state index in [9.17, 15) is 0 Å². The van der Waals surface area contributed by atoms with Gasteiger partial charge < -0.3 is 5.73 Å². The molecule has 3 aromatic rings. The van der Waals surface area contributed by atoms with E-state index >= 15 is 0 Å². The van der Waals surface area contributed by atoms with Gasteiger partial charge in [0.2, 0.25) is 0 Å². The Hall–Kier alpha value is -2.36. The molecule has 0 aliphatic rings. The normalized spacial score (nSPS) is 11.0. The zero-order chi connectivity index (χ0) is 12.7. The lowest BCUT2D eigenvalue weighted by Crippen LogP contribution is -1.97. The molecular formula is C14H14N4. The number of hydrogen-bond donors (Lipinski definition) is 1. The number of fused-ring (bicyclic) bond motifs is 1. The van der Waals surface area contributed by atoms with Gasteiger partial charge in [-0.15, -0.1) is 0 Å². The number of nitrogens with zero attached hydrogens (tertiary/aromatic N) is 3. The first kappa shape index (κ1) is 10.8. The molecule has 90 valence electrons. The van der Waals surface area contributed by atoms with E-state index in [1.54, 1.807) is 6.20 Å². The molecule has 2 N–H and O–H groups in total. The fourth-order valence-electron chi connectivity index (χ4n) is 2.19. The molecular weight excluding hydrogens is 224 g/mol. The standard InChI is InChI=1S/C14H14N4/c1-9-6-7-16-8-11(9)13-14(15)18-10(2)4-3-5-12(18)17-13/h3-8H,15H2,1-2H3. The number of hydrogen-bond acceptors (Lipinski definition) is 3. The van der Waals surface area contributed by atoms with Crippen molar-refractivity contribution in [3.8, 4) is 11.3 Å². The number of rotatable bonds is 1. The summed E-state index contributed by atoms with van der Waals surface area (Å²) in [5.41, 5.74) is 11.1. The van der Waals surface area contributed by atoms with Gasteiger partial charge in [0.1, 0.15) is 17.2 Å². The second-order valence-electron chi connectivity index (χ2n) is 4.40. The SMILES string of the molecule is Cc1ccncc1-c1nc2cccc(C)n2c1N. The molecule has 0 aliphatic heterocycles. The topological polar surface area (TPSA) is 56.2 Å². The number of nitrogens with two attached hydrogens (primary N) is 1. The van der Waals surface area contributed by atoms with Gasteiger partial charge in [-0.3, -0.25) is 9.38 Å². The van der Waals surface area contributed by atoms with Crippen molar-refractivity contribution in [3.63, 3.8) is 0 Å². The molecule has 0 aliphatic carbocycles. The molecule has 18 heavy (non-hydrogen) atoms. The Kier molecular flexibility index (Phi) is 2.30. The lowest BCUT2D eigenvalue weighted by atomic mass is 10.1. The van der Waals surface area contributed by atoms with E-state index in [-0.39, 0.29) is 0 Å². The minimum Gasteiger partial charge on any atom is -0.383 e. The summed E-state index contributed by atoms with van der Waals surface area (Å²) < 4.78 is 1.96. The van der Waals surface area contributed by atoms with Gasteiger partial charge >= 0.3 is 0 Å². The minimum atomic E-state index is 0.666. The predicted molar refractivity (Wildman–Crippen MR) is 72.3 cm³/mol. The van der Waals surface area contributed by atoms with Crippen LogP contribution in [0.5, 0.6) is 0 Å². The van der Waals surface area contributed by atoms with E-state index in [1.165, 1.54) is 0 Å². The highest BCUT2D eigenvalue weighted by molar-refractivity contribution is 5.76. The number of aromatic nitrogens is 3. The Balaban J connectivity index is 2.35. The van der Waals surface area contributed by atoms with Crippen molar-refractivity contribution in [2.24, 2.45) is 0 Å². The number of pyridine rings is 2. The van der Waals surface area contributed by atoms with Crippen molar-refractivity contribution < 1.29 is 0 Å². The summed E-state index contributed by atoms with van der Waals surface area (Å²) in [4.78, 5) is 8.75. The van der Waals surface area contributed by atoms with E-state index in [4.69, 9.17) is 5.73 Å². The van der Waals surface area contributed by atoms with Crippen LogP contribution >= 0.6 is 0 Å². The molecule has 3 aromatic heterocycles. The van der Waals surface area contributed by atoms with Crippen molar-refractivity contribution in [3.05, 3.63) is 47.9 Å². The summed E-state index contributed by atoms with van der Waals surface area (Å²) in [6.45, 7) is 4.05. The lowest BCUT2D eigenvalue weighted by Gasteiger charge is -2.03. The van der Waals surface area contributed by atoms with Crippen LogP contribution in [0, 0.1) is 13.8 Å². The first-order valence-electron chi connectivity index (χ1n) is 5.83. The minimum absolute atomic E-state index is 0.666. The van der Waals surface area contributed by atoms with E-state index in [0.29, 0.717) is 5.82 Å². The molecule has 0 radical (unpaired) electrons. The van der Waals surface area contributed by atoms with Gasteiger partial charge in [-0.1, -0.05) is 6.07 Å². The third kappa shape index (κ3) is 1.46. The molecule has 0 unspecified atom stereocenters. The Labute approximate surface area is 105 Å². The summed E-state index contributed by atoms with van der Waals surface area (Å²) in [7, 11) is 0. The molecule has 0 saturated carbocycles. The third-order valence-electron chi connectivity index (χ3n) is 3.17. The molecule has 4 nitrogen and oxygen atoms in total. The third-order valence-corrected chi connectivity index (χ3v) is 3.17. The van der Waals surface area contributed by atoms with E-state index < -0.39 is 0 Å². The quantitative estimate of drug-likeness (QED) is 0.709. The molecule has 0 fully saturated rings. The maximum atomic E-state index is 6.21. The smallest absolute Gasteiger partial charge is 0.139 e. The van der Waals surface area contributed by atoms with Crippen LogP contribution in [0.15, 0.2) is 36.7 Å². The zero-order valence-corrected chi connectivity index (χ0v) is 10.4. The van der Waals surface area contributed by atoms with Gasteiger partial charge in [0.05, 0.1) is 0 Å². The maximum Gasteiger partial charge on any atom is 0.139 e. The van der Waals surface area contributed by atoms with Crippen molar-refractivity contribution in [2.75, 3.05) is 5.73 Å². The predicted octanol–water partition coefficient (Wildman–Crippen LogP) is 2.60. The van der Waals surface area contributed by atoms with Gasteiger partial charge in [0.15, 0.2) is 0 Å². The van der Waals surface area contributed by atoms with Crippen LogP contribution in [0.1, 0.15) is 11.3 Å². The second kappa shape index (κ2) is 3.84. The highest BCUT2D eigenvalue weighted by Crippen LogP contribution is 2.28. The van der Waals surface area contributed by atoms with Crippen LogP contribution in [0.25, 0.3) is 16.9 Å². The number of aryl methyl sites for hydroxylation is 2. The highest BCUT2D eigenvalue weighted by Gasteiger charge is 2.13.